The summed E-state index contributed by atoms with van der Waals surface area (Å²) in [5.74, 6) is 0.186. The second-order valence-electron chi connectivity index (χ2n) is 3.17. The predicted molar refractivity (Wildman–Crippen MR) is 55.7 cm³/mol. The molecule has 1 aliphatic heterocycles. The van der Waals surface area contributed by atoms with Gasteiger partial charge in [0.05, 0.1) is 4.92 Å². The summed E-state index contributed by atoms with van der Waals surface area (Å²) < 4.78 is 10.3. The standard InChI is InChI=1S/C9H8N2O6/c12-9(13)10-5-1-2-6-8(7(5)11(14)15)17-4-3-16-6/h1-2,10H,3-4H2,(H,12,13). The molecule has 8 nitrogen and oxygen atoms in total. The first kappa shape index (κ1) is 11.0. The summed E-state index contributed by atoms with van der Waals surface area (Å²) in [7, 11) is 0. The molecule has 0 radical (unpaired) electrons. The average molecular weight is 240 g/mol. The van der Waals surface area contributed by atoms with E-state index in [1.54, 1.807) is 0 Å². The fourth-order valence-corrected chi connectivity index (χ4v) is 1.50. The summed E-state index contributed by atoms with van der Waals surface area (Å²) >= 11 is 0. The molecule has 17 heavy (non-hydrogen) atoms. The molecule has 0 spiro atoms. The Hall–Kier alpha value is -2.51. The summed E-state index contributed by atoms with van der Waals surface area (Å²) in [4.78, 5) is 20.7. The number of rotatable bonds is 2. The molecule has 1 heterocycles. The maximum Gasteiger partial charge on any atom is 0.409 e. The minimum atomic E-state index is -1.38. The molecule has 90 valence electrons. The van der Waals surface area contributed by atoms with Crippen LogP contribution in [-0.2, 0) is 0 Å². The number of hydrogen-bond donors (Lipinski definition) is 2. The van der Waals surface area contributed by atoms with Crippen molar-refractivity contribution in [2.45, 2.75) is 0 Å². The number of carboxylic acid groups (broad SMARTS) is 1. The second kappa shape index (κ2) is 4.16. The molecule has 0 unspecified atom stereocenters. The van der Waals surface area contributed by atoms with Gasteiger partial charge in [-0.05, 0) is 12.1 Å². The van der Waals surface area contributed by atoms with Gasteiger partial charge >= 0.3 is 11.8 Å². The summed E-state index contributed by atoms with van der Waals surface area (Å²) in [6.45, 7) is 0.486. The number of fused-ring (bicyclic) bond motifs is 1. The molecule has 8 heteroatoms. The average Bonchev–Trinajstić information content (AvgIpc) is 2.27. The van der Waals surface area contributed by atoms with Gasteiger partial charge < -0.3 is 14.6 Å². The minimum absolute atomic E-state index is 0.0486. The van der Waals surface area contributed by atoms with Crippen molar-refractivity contribution in [1.29, 1.82) is 0 Å². The lowest BCUT2D eigenvalue weighted by Gasteiger charge is -2.18. The van der Waals surface area contributed by atoms with E-state index in [1.165, 1.54) is 12.1 Å². The van der Waals surface area contributed by atoms with Crippen LogP contribution in [0.3, 0.4) is 0 Å². The van der Waals surface area contributed by atoms with Crippen molar-refractivity contribution in [2.75, 3.05) is 18.5 Å². The molecule has 1 aliphatic rings. The number of ether oxygens (including phenoxy) is 2. The third-order valence-electron chi connectivity index (χ3n) is 2.11. The Balaban J connectivity index is 2.53. The van der Waals surface area contributed by atoms with E-state index in [9.17, 15) is 14.9 Å². The van der Waals surface area contributed by atoms with E-state index in [0.717, 1.165) is 0 Å². The molecule has 0 bridgehead atoms. The minimum Gasteiger partial charge on any atom is -0.486 e. The van der Waals surface area contributed by atoms with Gasteiger partial charge in [0.15, 0.2) is 5.75 Å². The van der Waals surface area contributed by atoms with Gasteiger partial charge in [0.2, 0.25) is 5.75 Å². The Kier molecular flexibility index (Phi) is 2.69. The highest BCUT2D eigenvalue weighted by Gasteiger charge is 2.28. The molecule has 0 saturated carbocycles. The van der Waals surface area contributed by atoms with E-state index in [4.69, 9.17) is 14.6 Å². The van der Waals surface area contributed by atoms with Gasteiger partial charge in [-0.1, -0.05) is 0 Å². The zero-order chi connectivity index (χ0) is 12.4. The SMILES string of the molecule is O=C(O)Nc1ccc2c(c1[N+](=O)[O-])OCCO2. The Labute approximate surface area is 94.9 Å². The van der Waals surface area contributed by atoms with Crippen molar-refractivity contribution in [3.63, 3.8) is 0 Å². The number of nitro groups is 1. The van der Waals surface area contributed by atoms with E-state index >= 15 is 0 Å². The van der Waals surface area contributed by atoms with E-state index in [1.807, 2.05) is 5.32 Å². The third kappa shape index (κ3) is 2.05. The lowest BCUT2D eigenvalue weighted by Crippen LogP contribution is -2.17. The van der Waals surface area contributed by atoms with Crippen LogP contribution in [0.25, 0.3) is 0 Å². The van der Waals surface area contributed by atoms with Crippen molar-refractivity contribution in [3.05, 3.63) is 22.2 Å². The smallest absolute Gasteiger partial charge is 0.409 e. The van der Waals surface area contributed by atoms with Crippen molar-refractivity contribution >= 4 is 17.5 Å². The fraction of sp³-hybridized carbons (Fsp3) is 0.222. The molecule has 1 amide bonds. The van der Waals surface area contributed by atoms with Gasteiger partial charge in [0.1, 0.15) is 18.9 Å². The van der Waals surface area contributed by atoms with Crippen molar-refractivity contribution in [2.24, 2.45) is 0 Å². The van der Waals surface area contributed by atoms with Gasteiger partial charge in [-0.2, -0.15) is 0 Å². The number of nitro benzene ring substituents is 1. The van der Waals surface area contributed by atoms with Gasteiger partial charge in [0.25, 0.3) is 0 Å². The first-order chi connectivity index (χ1) is 8.09. The van der Waals surface area contributed by atoms with Gasteiger partial charge in [-0.15, -0.1) is 0 Å². The largest absolute Gasteiger partial charge is 0.486 e. The molecule has 0 fully saturated rings. The van der Waals surface area contributed by atoms with Crippen LogP contribution in [0, 0.1) is 10.1 Å². The number of hydrogen-bond acceptors (Lipinski definition) is 5. The van der Waals surface area contributed by atoms with Crippen LogP contribution in [0.15, 0.2) is 12.1 Å². The highest BCUT2D eigenvalue weighted by molar-refractivity contribution is 5.88. The van der Waals surface area contributed by atoms with Gasteiger partial charge in [-0.3, -0.25) is 15.4 Å². The lowest BCUT2D eigenvalue weighted by molar-refractivity contribution is -0.385. The zero-order valence-electron chi connectivity index (χ0n) is 8.50. The monoisotopic (exact) mass is 240 g/mol. The summed E-state index contributed by atoms with van der Waals surface area (Å²) in [6, 6.07) is 2.69. The third-order valence-corrected chi connectivity index (χ3v) is 2.11. The molecule has 2 rings (SSSR count). The van der Waals surface area contributed by atoms with E-state index in [0.29, 0.717) is 6.61 Å². The highest BCUT2D eigenvalue weighted by Crippen LogP contribution is 2.43. The molecular weight excluding hydrogens is 232 g/mol. The molecule has 2 N–H and O–H groups in total. The Morgan fingerprint density at radius 3 is 2.76 bits per heavy atom. The van der Waals surface area contributed by atoms with E-state index in [2.05, 4.69) is 0 Å². The number of benzene rings is 1. The normalized spacial score (nSPS) is 12.9. The first-order valence-corrected chi connectivity index (χ1v) is 4.66. The summed E-state index contributed by atoms with van der Waals surface area (Å²) in [5, 5.41) is 21.4. The molecule has 1 aromatic rings. The number of anilines is 1. The highest BCUT2D eigenvalue weighted by atomic mass is 16.6. The topological polar surface area (TPSA) is 111 Å². The predicted octanol–water partition coefficient (Wildman–Crippen LogP) is 1.46. The van der Waals surface area contributed by atoms with Gasteiger partial charge in [0, 0.05) is 0 Å². The zero-order valence-corrected chi connectivity index (χ0v) is 8.50. The fourth-order valence-electron chi connectivity index (χ4n) is 1.50. The summed E-state index contributed by atoms with van der Waals surface area (Å²) in [6.07, 6.45) is -1.38. The van der Waals surface area contributed by atoms with Crippen LogP contribution in [0.4, 0.5) is 16.2 Å². The number of nitrogens with zero attached hydrogens (tertiary/aromatic N) is 1. The van der Waals surface area contributed by atoms with E-state index in [-0.39, 0.29) is 23.8 Å². The van der Waals surface area contributed by atoms with Crippen LogP contribution >= 0.6 is 0 Å². The molecule has 0 aromatic heterocycles. The Morgan fingerprint density at radius 2 is 2.12 bits per heavy atom. The molecular formula is C9H8N2O6. The molecule has 1 aromatic carbocycles. The van der Waals surface area contributed by atoms with Crippen molar-refractivity contribution in [3.8, 4) is 11.5 Å². The van der Waals surface area contributed by atoms with Gasteiger partial charge in [-0.25, -0.2) is 4.79 Å². The number of amides is 1. The van der Waals surface area contributed by atoms with E-state index < -0.39 is 16.7 Å². The maximum absolute atomic E-state index is 10.9. The lowest BCUT2D eigenvalue weighted by atomic mass is 10.2. The molecule has 0 aliphatic carbocycles. The van der Waals surface area contributed by atoms with Crippen LogP contribution in [0.2, 0.25) is 0 Å². The summed E-state index contributed by atoms with van der Waals surface area (Å²) in [5.41, 5.74) is -0.587. The van der Waals surface area contributed by atoms with Crippen LogP contribution in [-0.4, -0.2) is 29.3 Å². The molecule has 0 saturated heterocycles. The first-order valence-electron chi connectivity index (χ1n) is 4.66. The van der Waals surface area contributed by atoms with Crippen molar-refractivity contribution in [1.82, 2.24) is 0 Å². The van der Waals surface area contributed by atoms with Crippen LogP contribution < -0.4 is 14.8 Å². The van der Waals surface area contributed by atoms with Crippen LogP contribution in [0.5, 0.6) is 11.5 Å². The number of nitrogens with one attached hydrogen (secondary N) is 1. The van der Waals surface area contributed by atoms with Crippen LogP contribution in [0.1, 0.15) is 0 Å². The Morgan fingerprint density at radius 1 is 1.41 bits per heavy atom. The quantitative estimate of drug-likeness (QED) is 0.597. The number of carbonyl (C=O) groups is 1. The second-order valence-corrected chi connectivity index (χ2v) is 3.17. The maximum atomic E-state index is 10.9. The Bertz CT molecular complexity index is 487. The molecule has 0 atom stereocenters. The van der Waals surface area contributed by atoms with Crippen molar-refractivity contribution < 1.29 is 24.3 Å².